The maximum atomic E-state index is 3.44. The molecule has 1 aliphatic rings. The number of nitrogens with zero attached hydrogens (tertiary/aromatic N) is 1. The zero-order chi connectivity index (χ0) is 13.8. The molecule has 0 aliphatic carbocycles. The molecule has 1 saturated heterocycles. The van der Waals surface area contributed by atoms with E-state index in [0.717, 1.165) is 18.3 Å². The van der Waals surface area contributed by atoms with E-state index in [1.165, 1.54) is 30.8 Å². The lowest BCUT2D eigenvalue weighted by molar-refractivity contribution is 0.422. The predicted molar refractivity (Wildman–Crippen MR) is 83.7 cm³/mol. The molecule has 1 aromatic rings. The molecule has 0 radical (unpaired) electrons. The van der Waals surface area contributed by atoms with Gasteiger partial charge in [0.2, 0.25) is 0 Å². The van der Waals surface area contributed by atoms with Crippen LogP contribution in [0.1, 0.15) is 45.2 Å². The Morgan fingerprint density at radius 2 is 2.05 bits per heavy atom. The van der Waals surface area contributed by atoms with Crippen LogP contribution in [0.15, 0.2) is 24.3 Å². The maximum Gasteiger partial charge on any atom is 0.0414 e. The molecule has 0 amide bonds. The summed E-state index contributed by atoms with van der Waals surface area (Å²) in [6.07, 6.45) is 2.47. The highest BCUT2D eigenvalue weighted by Crippen LogP contribution is 2.33. The minimum Gasteiger partial charge on any atom is -0.371 e. The Hall–Kier alpha value is -1.02. The summed E-state index contributed by atoms with van der Waals surface area (Å²) >= 11 is 0. The van der Waals surface area contributed by atoms with Crippen LogP contribution >= 0.6 is 0 Å². The van der Waals surface area contributed by atoms with Gasteiger partial charge >= 0.3 is 0 Å². The highest BCUT2D eigenvalue weighted by atomic mass is 15.2. The van der Waals surface area contributed by atoms with Crippen molar-refractivity contribution in [3.63, 3.8) is 0 Å². The quantitative estimate of drug-likeness (QED) is 0.865. The van der Waals surface area contributed by atoms with Crippen molar-refractivity contribution >= 4 is 5.69 Å². The Morgan fingerprint density at radius 1 is 1.32 bits per heavy atom. The number of hydrogen-bond acceptors (Lipinski definition) is 2. The molecule has 106 valence electrons. The fraction of sp³-hybridized carbons (Fsp3) is 0.647. The molecule has 1 fully saturated rings. The molecule has 19 heavy (non-hydrogen) atoms. The third-order valence-corrected chi connectivity index (χ3v) is 4.58. The van der Waals surface area contributed by atoms with Crippen LogP contribution in [-0.4, -0.2) is 20.1 Å². The largest absolute Gasteiger partial charge is 0.371 e. The SMILES string of the molecule is CCC(NC)c1ccccc1N1CCC(C(C)C)C1. The van der Waals surface area contributed by atoms with Crippen molar-refractivity contribution in [3.8, 4) is 0 Å². The van der Waals surface area contributed by atoms with Crippen LogP contribution in [0.3, 0.4) is 0 Å². The minimum absolute atomic E-state index is 0.467. The number of para-hydroxylation sites is 1. The average molecular weight is 260 g/mol. The standard InChI is InChI=1S/C17H28N2/c1-5-16(18-4)15-8-6-7-9-17(15)19-11-10-14(12-19)13(2)3/h6-9,13-14,16,18H,5,10-12H2,1-4H3. The number of benzene rings is 1. The number of rotatable bonds is 5. The van der Waals surface area contributed by atoms with E-state index >= 15 is 0 Å². The number of anilines is 1. The second kappa shape index (κ2) is 6.42. The van der Waals surface area contributed by atoms with Gasteiger partial charge in [-0.2, -0.15) is 0 Å². The van der Waals surface area contributed by atoms with Crippen LogP contribution in [0.5, 0.6) is 0 Å². The molecule has 1 N–H and O–H groups in total. The van der Waals surface area contributed by atoms with Gasteiger partial charge < -0.3 is 10.2 Å². The number of nitrogens with one attached hydrogen (secondary N) is 1. The Kier molecular flexibility index (Phi) is 4.87. The number of hydrogen-bond donors (Lipinski definition) is 1. The first-order valence-electron chi connectivity index (χ1n) is 7.68. The Balaban J connectivity index is 2.21. The third-order valence-electron chi connectivity index (χ3n) is 4.58. The van der Waals surface area contributed by atoms with Gasteiger partial charge in [0.1, 0.15) is 0 Å². The molecular weight excluding hydrogens is 232 g/mol. The van der Waals surface area contributed by atoms with Crippen LogP contribution in [0.25, 0.3) is 0 Å². The summed E-state index contributed by atoms with van der Waals surface area (Å²) in [5.74, 6) is 1.64. The van der Waals surface area contributed by atoms with Gasteiger partial charge in [-0.1, -0.05) is 39.0 Å². The molecular formula is C17H28N2. The summed E-state index contributed by atoms with van der Waals surface area (Å²) in [7, 11) is 2.06. The first-order chi connectivity index (χ1) is 9.17. The van der Waals surface area contributed by atoms with E-state index in [1.54, 1.807) is 0 Å². The first kappa shape index (κ1) is 14.4. The Labute approximate surface area is 118 Å². The molecule has 0 aromatic heterocycles. The molecule has 2 rings (SSSR count). The second-order valence-electron chi connectivity index (χ2n) is 6.05. The molecule has 2 nitrogen and oxygen atoms in total. The van der Waals surface area contributed by atoms with Crippen molar-refractivity contribution in [2.24, 2.45) is 11.8 Å². The van der Waals surface area contributed by atoms with E-state index in [0.29, 0.717) is 6.04 Å². The van der Waals surface area contributed by atoms with Crippen molar-refractivity contribution in [1.82, 2.24) is 5.32 Å². The predicted octanol–water partition coefficient (Wildman–Crippen LogP) is 3.84. The molecule has 0 bridgehead atoms. The van der Waals surface area contributed by atoms with E-state index < -0.39 is 0 Å². The van der Waals surface area contributed by atoms with Gasteiger partial charge in [-0.25, -0.2) is 0 Å². The van der Waals surface area contributed by atoms with Gasteiger partial charge in [0, 0.05) is 24.8 Å². The van der Waals surface area contributed by atoms with E-state index in [9.17, 15) is 0 Å². The lowest BCUT2D eigenvalue weighted by Gasteiger charge is -2.26. The van der Waals surface area contributed by atoms with Crippen LogP contribution in [0, 0.1) is 11.8 Å². The molecule has 2 atom stereocenters. The smallest absolute Gasteiger partial charge is 0.0414 e. The lowest BCUT2D eigenvalue weighted by Crippen LogP contribution is -2.25. The molecule has 0 spiro atoms. The fourth-order valence-electron chi connectivity index (χ4n) is 3.20. The summed E-state index contributed by atoms with van der Waals surface area (Å²) < 4.78 is 0. The van der Waals surface area contributed by atoms with Crippen LogP contribution in [0.4, 0.5) is 5.69 Å². The summed E-state index contributed by atoms with van der Waals surface area (Å²) in [6.45, 7) is 9.37. The summed E-state index contributed by atoms with van der Waals surface area (Å²) in [4.78, 5) is 2.58. The monoisotopic (exact) mass is 260 g/mol. The summed E-state index contributed by atoms with van der Waals surface area (Å²) in [5.41, 5.74) is 2.89. The molecule has 1 aliphatic heterocycles. The van der Waals surface area contributed by atoms with E-state index in [1.807, 2.05) is 0 Å². The molecule has 2 heteroatoms. The van der Waals surface area contributed by atoms with E-state index in [2.05, 4.69) is 62.3 Å². The van der Waals surface area contributed by atoms with Gasteiger partial charge in [-0.3, -0.25) is 0 Å². The normalized spacial score (nSPS) is 21.1. The van der Waals surface area contributed by atoms with E-state index in [-0.39, 0.29) is 0 Å². The van der Waals surface area contributed by atoms with Gasteiger partial charge in [-0.15, -0.1) is 0 Å². The highest BCUT2D eigenvalue weighted by molar-refractivity contribution is 5.55. The minimum atomic E-state index is 0.467. The van der Waals surface area contributed by atoms with Crippen LogP contribution in [0.2, 0.25) is 0 Å². The molecule has 2 unspecified atom stereocenters. The summed E-state index contributed by atoms with van der Waals surface area (Å²) in [6, 6.07) is 9.37. The fourth-order valence-corrected chi connectivity index (χ4v) is 3.20. The Morgan fingerprint density at radius 3 is 2.63 bits per heavy atom. The molecule has 1 aromatic carbocycles. The first-order valence-corrected chi connectivity index (χ1v) is 7.68. The van der Waals surface area contributed by atoms with E-state index in [4.69, 9.17) is 0 Å². The highest BCUT2D eigenvalue weighted by Gasteiger charge is 2.27. The zero-order valence-electron chi connectivity index (χ0n) is 12.8. The molecule has 0 saturated carbocycles. The maximum absolute atomic E-state index is 3.44. The van der Waals surface area contributed by atoms with Crippen molar-refractivity contribution in [1.29, 1.82) is 0 Å². The summed E-state index contributed by atoms with van der Waals surface area (Å²) in [5, 5.41) is 3.44. The topological polar surface area (TPSA) is 15.3 Å². The van der Waals surface area contributed by atoms with Crippen molar-refractivity contribution in [2.75, 3.05) is 25.0 Å². The van der Waals surface area contributed by atoms with Gasteiger partial charge in [0.05, 0.1) is 0 Å². The average Bonchev–Trinajstić information content (AvgIpc) is 2.90. The third kappa shape index (κ3) is 3.11. The Bertz CT molecular complexity index is 396. The lowest BCUT2D eigenvalue weighted by atomic mass is 9.95. The van der Waals surface area contributed by atoms with Crippen LogP contribution in [-0.2, 0) is 0 Å². The van der Waals surface area contributed by atoms with Crippen molar-refractivity contribution in [2.45, 2.75) is 39.7 Å². The van der Waals surface area contributed by atoms with Crippen molar-refractivity contribution in [3.05, 3.63) is 29.8 Å². The van der Waals surface area contributed by atoms with Crippen molar-refractivity contribution < 1.29 is 0 Å². The van der Waals surface area contributed by atoms with Gasteiger partial charge in [0.25, 0.3) is 0 Å². The van der Waals surface area contributed by atoms with Gasteiger partial charge in [0.15, 0.2) is 0 Å². The van der Waals surface area contributed by atoms with Crippen LogP contribution < -0.4 is 10.2 Å². The van der Waals surface area contributed by atoms with Gasteiger partial charge in [-0.05, 0) is 43.4 Å². The molecule has 1 heterocycles. The second-order valence-corrected chi connectivity index (χ2v) is 6.05. The zero-order valence-corrected chi connectivity index (χ0v) is 12.8.